The van der Waals surface area contributed by atoms with E-state index in [9.17, 15) is 4.79 Å². The molecule has 0 fully saturated rings. The van der Waals surface area contributed by atoms with Gasteiger partial charge in [-0.2, -0.15) is 0 Å². The Bertz CT molecular complexity index is 1410. The fourth-order valence-corrected chi connectivity index (χ4v) is 3.67. The summed E-state index contributed by atoms with van der Waals surface area (Å²) in [4.78, 5) is 19.1. The molecule has 1 N–H and O–H groups in total. The Labute approximate surface area is 212 Å². The van der Waals surface area contributed by atoms with E-state index >= 15 is 0 Å². The van der Waals surface area contributed by atoms with Crippen molar-refractivity contribution in [3.63, 3.8) is 0 Å². The molecule has 0 aliphatic carbocycles. The summed E-state index contributed by atoms with van der Waals surface area (Å²) in [6, 6.07) is 30.9. The number of phenols is 1. The maximum atomic E-state index is 10.1. The zero-order valence-electron chi connectivity index (χ0n) is 18.8. The first-order valence-corrected chi connectivity index (χ1v) is 10.6. The van der Waals surface area contributed by atoms with Gasteiger partial charge in [0, 0.05) is 37.7 Å². The molecule has 0 aliphatic rings. The maximum absolute atomic E-state index is 10.1. The van der Waals surface area contributed by atoms with Gasteiger partial charge >= 0.3 is 0 Å². The molecular formula is C29H23IrN2O2-. The van der Waals surface area contributed by atoms with Gasteiger partial charge in [-0.3, -0.25) is 9.78 Å². The quantitative estimate of drug-likeness (QED) is 0.182. The van der Waals surface area contributed by atoms with Crippen LogP contribution in [-0.4, -0.2) is 21.4 Å². The van der Waals surface area contributed by atoms with Crippen molar-refractivity contribution in [2.75, 3.05) is 0 Å². The van der Waals surface area contributed by atoms with Crippen LogP contribution in [0.1, 0.15) is 21.7 Å². The van der Waals surface area contributed by atoms with E-state index in [2.05, 4.69) is 70.6 Å². The zero-order chi connectivity index (χ0) is 23.2. The third-order valence-corrected chi connectivity index (χ3v) is 5.30. The molecule has 34 heavy (non-hydrogen) atoms. The Hall–Kier alpha value is -3.66. The minimum absolute atomic E-state index is 0. The summed E-state index contributed by atoms with van der Waals surface area (Å²) in [5, 5.41) is 11.4. The molecule has 0 atom stereocenters. The number of nitrogens with zero attached hydrogens (tertiary/aromatic N) is 2. The van der Waals surface area contributed by atoms with Gasteiger partial charge in [-0.25, -0.2) is 0 Å². The van der Waals surface area contributed by atoms with Crippen molar-refractivity contribution in [1.82, 2.24) is 9.97 Å². The van der Waals surface area contributed by atoms with Crippen LogP contribution in [0.5, 0.6) is 5.75 Å². The summed E-state index contributed by atoms with van der Waals surface area (Å²) in [5.74, 6) is 0.0347. The Kier molecular flexibility index (Phi) is 8.42. The number of fused-ring (bicyclic) bond motifs is 1. The number of carbonyl (C=O) groups is 1. The molecule has 5 aromatic rings. The number of aromatic hydroxyl groups is 1. The molecule has 0 spiro atoms. The van der Waals surface area contributed by atoms with Crippen LogP contribution < -0.4 is 0 Å². The van der Waals surface area contributed by atoms with Crippen molar-refractivity contribution in [3.05, 3.63) is 114 Å². The predicted molar refractivity (Wildman–Crippen MR) is 132 cm³/mol. The van der Waals surface area contributed by atoms with E-state index in [1.165, 1.54) is 22.4 Å². The normalized spacial score (nSPS) is 10.1. The van der Waals surface area contributed by atoms with Crippen molar-refractivity contribution in [1.29, 1.82) is 0 Å². The first-order chi connectivity index (χ1) is 16.1. The Balaban J connectivity index is 0.000000275. The van der Waals surface area contributed by atoms with Gasteiger partial charge in [0.2, 0.25) is 0 Å². The summed E-state index contributed by atoms with van der Waals surface area (Å²) in [7, 11) is 0. The van der Waals surface area contributed by atoms with Gasteiger partial charge in [0.25, 0.3) is 0 Å². The van der Waals surface area contributed by atoms with Crippen LogP contribution in [0.2, 0.25) is 0 Å². The minimum Gasteiger partial charge on any atom is -0.507 e. The first-order valence-electron chi connectivity index (χ1n) is 10.6. The second-order valence-electron chi connectivity index (χ2n) is 7.64. The van der Waals surface area contributed by atoms with E-state index in [1.54, 1.807) is 24.4 Å². The van der Waals surface area contributed by atoms with Crippen molar-refractivity contribution >= 4 is 17.1 Å². The van der Waals surface area contributed by atoms with E-state index in [0.29, 0.717) is 11.8 Å². The summed E-state index contributed by atoms with van der Waals surface area (Å²) < 4.78 is 0. The number of hydrogen-bond acceptors (Lipinski definition) is 4. The van der Waals surface area contributed by atoms with E-state index < -0.39 is 0 Å². The van der Waals surface area contributed by atoms with Gasteiger partial charge in [0.05, 0.1) is 11.3 Å². The minimum atomic E-state index is 0. The van der Waals surface area contributed by atoms with Crippen molar-refractivity contribution < 1.29 is 30.0 Å². The molecule has 4 aromatic carbocycles. The number of benzene rings is 4. The monoisotopic (exact) mass is 624 g/mol. The summed E-state index contributed by atoms with van der Waals surface area (Å²) in [5.41, 5.74) is 6.45. The van der Waals surface area contributed by atoms with E-state index in [4.69, 9.17) is 5.11 Å². The van der Waals surface area contributed by atoms with Crippen LogP contribution in [0.15, 0.2) is 91.1 Å². The zero-order valence-corrected chi connectivity index (χ0v) is 21.2. The standard InChI is InChI=1S/C22H17N2.C7H6O2.Ir/c1-15-14-23-22(16(2)24-15)19-12-10-18(11-13-19)21-9-5-7-17-6-3-4-8-20(17)21;8-5-6-3-1-2-4-7(6)9;/h3-12,14H,1-2H3;1-5,9H;/q-1;;. The van der Waals surface area contributed by atoms with E-state index in [0.717, 1.165) is 28.2 Å². The smallest absolute Gasteiger partial charge is 0.153 e. The molecule has 0 aliphatic heterocycles. The van der Waals surface area contributed by atoms with Gasteiger partial charge in [-0.15, -0.1) is 29.8 Å². The Morgan fingerprint density at radius 1 is 0.882 bits per heavy atom. The van der Waals surface area contributed by atoms with Gasteiger partial charge in [0.15, 0.2) is 6.29 Å². The molecule has 1 aromatic heterocycles. The molecule has 0 saturated heterocycles. The number of aromatic nitrogens is 2. The SMILES string of the molecule is Cc1cnc(-c2[c-]cc(-c3cccc4ccccc34)cc2)c(C)n1.O=Cc1ccccc1O.[Ir]. The number of hydrogen-bond donors (Lipinski definition) is 1. The summed E-state index contributed by atoms with van der Waals surface area (Å²) in [6.45, 7) is 3.94. The molecule has 5 rings (SSSR count). The molecule has 0 saturated carbocycles. The Morgan fingerprint density at radius 3 is 2.29 bits per heavy atom. The fourth-order valence-electron chi connectivity index (χ4n) is 3.67. The topological polar surface area (TPSA) is 63.1 Å². The van der Waals surface area contributed by atoms with Crippen LogP contribution in [0, 0.1) is 19.9 Å². The third kappa shape index (κ3) is 5.63. The average molecular weight is 624 g/mol. The van der Waals surface area contributed by atoms with Gasteiger partial charge in [-0.05, 0) is 36.8 Å². The third-order valence-electron chi connectivity index (χ3n) is 5.30. The largest absolute Gasteiger partial charge is 0.507 e. The van der Waals surface area contributed by atoms with Crippen LogP contribution in [-0.2, 0) is 20.1 Å². The molecule has 1 heterocycles. The molecule has 4 nitrogen and oxygen atoms in total. The van der Waals surface area contributed by atoms with E-state index in [-0.39, 0.29) is 25.9 Å². The van der Waals surface area contributed by atoms with Crippen molar-refractivity contribution in [2.24, 2.45) is 0 Å². The first kappa shape index (κ1) is 25.0. The second kappa shape index (κ2) is 11.5. The van der Waals surface area contributed by atoms with Crippen LogP contribution >= 0.6 is 0 Å². The average Bonchev–Trinajstić information content (AvgIpc) is 2.85. The molecule has 5 heteroatoms. The summed E-state index contributed by atoms with van der Waals surface area (Å²) in [6.07, 6.45) is 2.42. The number of phenolic OH excluding ortho intramolecular Hbond substituents is 1. The van der Waals surface area contributed by atoms with Crippen molar-refractivity contribution in [3.8, 4) is 28.1 Å². The molecule has 0 bridgehead atoms. The van der Waals surface area contributed by atoms with E-state index in [1.807, 2.05) is 19.9 Å². The maximum Gasteiger partial charge on any atom is 0.153 e. The number of aldehydes is 1. The molecule has 171 valence electrons. The number of aryl methyl sites for hydroxylation is 2. The number of para-hydroxylation sites is 1. The molecule has 1 radical (unpaired) electrons. The van der Waals surface area contributed by atoms with Crippen LogP contribution in [0.25, 0.3) is 33.2 Å². The predicted octanol–water partition coefficient (Wildman–Crippen LogP) is 6.58. The van der Waals surface area contributed by atoms with Gasteiger partial charge < -0.3 is 10.1 Å². The van der Waals surface area contributed by atoms with Crippen LogP contribution in [0.3, 0.4) is 0 Å². The second-order valence-corrected chi connectivity index (χ2v) is 7.64. The van der Waals surface area contributed by atoms with Gasteiger partial charge in [0.1, 0.15) is 5.75 Å². The fraction of sp³-hybridized carbons (Fsp3) is 0.0690. The molecule has 0 amide bonds. The number of rotatable bonds is 3. The summed E-state index contributed by atoms with van der Waals surface area (Å²) >= 11 is 0. The Morgan fingerprint density at radius 2 is 1.62 bits per heavy atom. The van der Waals surface area contributed by atoms with Crippen molar-refractivity contribution in [2.45, 2.75) is 13.8 Å². The van der Waals surface area contributed by atoms with Gasteiger partial charge in [-0.1, -0.05) is 65.7 Å². The molecular weight excluding hydrogens is 601 g/mol. The number of carbonyl (C=O) groups excluding carboxylic acids is 1. The molecule has 0 unspecified atom stereocenters. The van der Waals surface area contributed by atoms with Crippen LogP contribution in [0.4, 0.5) is 0 Å².